The van der Waals surface area contributed by atoms with Crippen molar-refractivity contribution in [2.75, 3.05) is 11.1 Å². The fourth-order valence-corrected chi connectivity index (χ4v) is 4.67. The van der Waals surface area contributed by atoms with Gasteiger partial charge in [-0.2, -0.15) is 0 Å². The summed E-state index contributed by atoms with van der Waals surface area (Å²) in [5.74, 6) is -0.711. The SMILES string of the molecule is Cn1cnnc1SCC1CC(c2ccc(CO)cc2)OC(c2ccc(NC(=O)CCC(=O)O)cc2)O1. The molecule has 1 saturated heterocycles. The van der Waals surface area contributed by atoms with E-state index in [1.165, 1.54) is 0 Å². The molecule has 1 aromatic heterocycles. The Morgan fingerprint density at radius 2 is 1.81 bits per heavy atom. The van der Waals surface area contributed by atoms with Gasteiger partial charge in [-0.1, -0.05) is 48.2 Å². The number of aliphatic hydroxyl groups excluding tert-OH is 1. The van der Waals surface area contributed by atoms with E-state index in [1.807, 2.05) is 48.0 Å². The lowest BCUT2D eigenvalue weighted by Gasteiger charge is -2.36. The van der Waals surface area contributed by atoms with E-state index in [-0.39, 0.29) is 37.6 Å². The van der Waals surface area contributed by atoms with Crippen molar-refractivity contribution in [3.63, 3.8) is 0 Å². The number of anilines is 1. The molecule has 0 bridgehead atoms. The zero-order valence-electron chi connectivity index (χ0n) is 19.7. The molecule has 3 aromatic rings. The highest BCUT2D eigenvalue weighted by Gasteiger charge is 2.32. The number of aliphatic carboxylic acids is 1. The molecule has 1 aliphatic rings. The van der Waals surface area contributed by atoms with Gasteiger partial charge < -0.3 is 29.6 Å². The molecule has 2 heterocycles. The molecule has 0 saturated carbocycles. The Labute approximate surface area is 212 Å². The lowest BCUT2D eigenvalue weighted by Crippen LogP contribution is -2.31. The van der Waals surface area contributed by atoms with Gasteiger partial charge in [0, 0.05) is 36.9 Å². The molecule has 0 radical (unpaired) electrons. The molecule has 0 aliphatic carbocycles. The number of carboxylic acids is 1. The predicted octanol–water partition coefficient (Wildman–Crippen LogP) is 3.45. The summed E-state index contributed by atoms with van der Waals surface area (Å²) in [7, 11) is 1.89. The summed E-state index contributed by atoms with van der Waals surface area (Å²) in [6, 6.07) is 14.8. The fraction of sp³-hybridized carbons (Fsp3) is 0.360. The van der Waals surface area contributed by atoms with Crippen molar-refractivity contribution >= 4 is 29.3 Å². The molecular formula is C25H28N4O6S. The lowest BCUT2D eigenvalue weighted by atomic mass is 10.0. The van der Waals surface area contributed by atoms with Crippen molar-refractivity contribution in [3.05, 3.63) is 71.5 Å². The number of benzene rings is 2. The molecule has 1 fully saturated rings. The van der Waals surface area contributed by atoms with Crippen LogP contribution in [0.25, 0.3) is 0 Å². The second-order valence-corrected chi connectivity index (χ2v) is 9.44. The predicted molar refractivity (Wildman–Crippen MR) is 132 cm³/mol. The molecular weight excluding hydrogens is 484 g/mol. The van der Waals surface area contributed by atoms with Gasteiger partial charge in [-0.15, -0.1) is 10.2 Å². The van der Waals surface area contributed by atoms with Crippen LogP contribution in [0.5, 0.6) is 0 Å². The number of carbonyl (C=O) groups excluding carboxylic acids is 1. The highest BCUT2D eigenvalue weighted by Crippen LogP contribution is 2.39. The third-order valence-corrected chi connectivity index (χ3v) is 6.88. The molecule has 190 valence electrons. The molecule has 3 N–H and O–H groups in total. The number of aryl methyl sites for hydroxylation is 1. The highest BCUT2D eigenvalue weighted by molar-refractivity contribution is 7.99. The van der Waals surface area contributed by atoms with Gasteiger partial charge in [0.2, 0.25) is 5.91 Å². The van der Waals surface area contributed by atoms with Crippen LogP contribution in [0.15, 0.2) is 60.0 Å². The van der Waals surface area contributed by atoms with Gasteiger partial charge in [-0.25, -0.2) is 0 Å². The van der Waals surface area contributed by atoms with Gasteiger partial charge in [0.25, 0.3) is 0 Å². The summed E-state index contributed by atoms with van der Waals surface area (Å²) in [6.07, 6.45) is 1.04. The van der Waals surface area contributed by atoms with Crippen LogP contribution in [0.3, 0.4) is 0 Å². The van der Waals surface area contributed by atoms with E-state index in [1.54, 1.807) is 30.2 Å². The lowest BCUT2D eigenvalue weighted by molar-refractivity contribution is -0.245. The molecule has 1 aliphatic heterocycles. The maximum absolute atomic E-state index is 11.9. The largest absolute Gasteiger partial charge is 0.481 e. The van der Waals surface area contributed by atoms with Crippen molar-refractivity contribution in [1.29, 1.82) is 0 Å². The normalized spacial score (nSPS) is 19.7. The van der Waals surface area contributed by atoms with Gasteiger partial charge in [0.15, 0.2) is 11.4 Å². The van der Waals surface area contributed by atoms with Crippen LogP contribution in [0.4, 0.5) is 5.69 Å². The summed E-state index contributed by atoms with van der Waals surface area (Å²) < 4.78 is 14.5. The number of ether oxygens (including phenoxy) is 2. The smallest absolute Gasteiger partial charge is 0.303 e. The van der Waals surface area contributed by atoms with Crippen molar-refractivity contribution in [2.45, 2.75) is 49.5 Å². The van der Waals surface area contributed by atoms with Crippen LogP contribution in [0.1, 0.15) is 48.3 Å². The van der Waals surface area contributed by atoms with Gasteiger partial charge in [0.1, 0.15) is 6.33 Å². The number of thioether (sulfide) groups is 1. The van der Waals surface area contributed by atoms with Crippen molar-refractivity contribution in [1.82, 2.24) is 14.8 Å². The van der Waals surface area contributed by atoms with E-state index in [2.05, 4.69) is 15.5 Å². The minimum Gasteiger partial charge on any atom is -0.481 e. The molecule has 1 amide bonds. The molecule has 36 heavy (non-hydrogen) atoms. The second kappa shape index (κ2) is 12.1. The van der Waals surface area contributed by atoms with E-state index in [9.17, 15) is 14.7 Å². The Kier molecular flexibility index (Phi) is 8.70. The van der Waals surface area contributed by atoms with Crippen LogP contribution in [-0.2, 0) is 32.7 Å². The quantitative estimate of drug-likeness (QED) is 0.349. The Morgan fingerprint density at radius 3 is 2.44 bits per heavy atom. The number of amides is 1. The average molecular weight is 513 g/mol. The van der Waals surface area contributed by atoms with Crippen molar-refractivity contribution in [3.8, 4) is 0 Å². The van der Waals surface area contributed by atoms with Gasteiger partial charge in [0.05, 0.1) is 25.2 Å². The number of aliphatic hydroxyl groups is 1. The molecule has 4 rings (SSSR count). The van der Waals surface area contributed by atoms with E-state index >= 15 is 0 Å². The number of nitrogens with one attached hydrogen (secondary N) is 1. The zero-order valence-corrected chi connectivity index (χ0v) is 20.6. The highest BCUT2D eigenvalue weighted by atomic mass is 32.2. The number of hydrogen-bond acceptors (Lipinski definition) is 8. The first-order chi connectivity index (χ1) is 17.4. The fourth-order valence-electron chi connectivity index (χ4n) is 3.76. The molecule has 0 spiro atoms. The molecule has 2 aromatic carbocycles. The Bertz CT molecular complexity index is 1170. The van der Waals surface area contributed by atoms with Crippen LogP contribution in [0, 0.1) is 0 Å². The van der Waals surface area contributed by atoms with Crippen LogP contribution in [-0.4, -0.2) is 48.7 Å². The maximum Gasteiger partial charge on any atom is 0.303 e. The first kappa shape index (κ1) is 25.8. The monoisotopic (exact) mass is 512 g/mol. The van der Waals surface area contributed by atoms with Crippen LogP contribution >= 0.6 is 11.8 Å². The number of hydrogen-bond donors (Lipinski definition) is 3. The van der Waals surface area contributed by atoms with Crippen molar-refractivity contribution < 1.29 is 29.3 Å². The Hall–Kier alpha value is -3.25. The third kappa shape index (κ3) is 6.91. The molecule has 3 unspecified atom stereocenters. The maximum atomic E-state index is 11.9. The number of carbonyl (C=O) groups is 2. The summed E-state index contributed by atoms with van der Waals surface area (Å²) in [4.78, 5) is 22.6. The standard InChI is InChI=1S/C25H28N4O6S/c1-29-15-26-28-25(29)36-14-20-12-21(17-4-2-16(13-30)3-5-17)35-24(34-20)18-6-8-19(9-7-18)27-22(31)10-11-23(32)33/h2-9,15,20-21,24,30H,10-14H2,1H3,(H,27,31)(H,32,33). The minimum absolute atomic E-state index is 0.0201. The van der Waals surface area contributed by atoms with Gasteiger partial charge in [-0.05, 0) is 23.3 Å². The van der Waals surface area contributed by atoms with Crippen LogP contribution < -0.4 is 5.32 Å². The van der Waals surface area contributed by atoms with E-state index in [0.717, 1.165) is 21.8 Å². The molecule has 10 nitrogen and oxygen atoms in total. The third-order valence-electron chi connectivity index (χ3n) is 5.72. The average Bonchev–Trinajstić information content (AvgIpc) is 3.31. The molecule has 11 heteroatoms. The topological polar surface area (TPSA) is 136 Å². The Balaban J connectivity index is 1.47. The zero-order chi connectivity index (χ0) is 25.5. The molecule has 3 atom stereocenters. The van der Waals surface area contributed by atoms with E-state index < -0.39 is 12.3 Å². The Morgan fingerprint density at radius 1 is 1.08 bits per heavy atom. The first-order valence-electron chi connectivity index (χ1n) is 11.5. The van der Waals surface area contributed by atoms with Crippen molar-refractivity contribution in [2.24, 2.45) is 7.05 Å². The summed E-state index contributed by atoms with van der Waals surface area (Å²) in [6.45, 7) is -0.0201. The second-order valence-electron chi connectivity index (χ2n) is 8.45. The van der Waals surface area contributed by atoms with E-state index in [4.69, 9.17) is 14.6 Å². The summed E-state index contributed by atoms with van der Waals surface area (Å²) in [5, 5.41) is 29.7. The number of nitrogens with zero attached hydrogens (tertiary/aromatic N) is 3. The summed E-state index contributed by atoms with van der Waals surface area (Å²) >= 11 is 1.56. The number of rotatable bonds is 10. The van der Waals surface area contributed by atoms with Gasteiger partial charge in [-0.3, -0.25) is 9.59 Å². The first-order valence-corrected chi connectivity index (χ1v) is 12.5. The number of carboxylic acid groups (broad SMARTS) is 1. The minimum atomic E-state index is -1.01. The summed E-state index contributed by atoms with van der Waals surface area (Å²) in [5.41, 5.74) is 3.19. The van der Waals surface area contributed by atoms with E-state index in [0.29, 0.717) is 17.9 Å². The van der Waals surface area contributed by atoms with Gasteiger partial charge >= 0.3 is 5.97 Å². The van der Waals surface area contributed by atoms with Crippen LogP contribution in [0.2, 0.25) is 0 Å². The number of aromatic nitrogens is 3.